The molecule has 0 atom stereocenters. The molecule has 0 aliphatic rings. The summed E-state index contributed by atoms with van der Waals surface area (Å²) in [6.07, 6.45) is 0.351. The van der Waals surface area contributed by atoms with E-state index in [1.165, 1.54) is 11.8 Å². The van der Waals surface area contributed by atoms with Crippen molar-refractivity contribution in [2.45, 2.75) is 33.6 Å². The van der Waals surface area contributed by atoms with Crippen LogP contribution in [0, 0.1) is 13.8 Å². The highest BCUT2D eigenvalue weighted by atomic mass is 16.2. The van der Waals surface area contributed by atoms with Crippen LogP contribution in [0.15, 0.2) is 18.2 Å². The zero-order valence-electron chi connectivity index (χ0n) is 13.0. The van der Waals surface area contributed by atoms with Crippen molar-refractivity contribution in [1.29, 1.82) is 0 Å². The number of likely N-dealkylation sites (N-methyl/N-ethyl adjacent to an activating group) is 1. The van der Waals surface area contributed by atoms with Gasteiger partial charge in [-0.15, -0.1) is 0 Å². The molecule has 0 aliphatic heterocycles. The minimum absolute atomic E-state index is 0.0233. The van der Waals surface area contributed by atoms with Gasteiger partial charge in [-0.05, 0) is 31.9 Å². The summed E-state index contributed by atoms with van der Waals surface area (Å²) in [7, 11) is 1.56. The number of nitrogens with one attached hydrogen (secondary N) is 1. The molecule has 114 valence electrons. The molecule has 21 heavy (non-hydrogen) atoms. The Hall–Kier alpha value is -2.17. The average molecular weight is 290 g/mol. The molecule has 1 N–H and O–H groups in total. The molecule has 1 rings (SSSR count). The van der Waals surface area contributed by atoms with Crippen molar-refractivity contribution >= 4 is 23.3 Å². The molecule has 0 aromatic heterocycles. The van der Waals surface area contributed by atoms with Crippen LogP contribution in [0.25, 0.3) is 0 Å². The molecule has 0 saturated heterocycles. The van der Waals surface area contributed by atoms with Gasteiger partial charge in [0.1, 0.15) is 5.78 Å². The number of rotatable bonds is 6. The first-order chi connectivity index (χ1) is 9.81. The fourth-order valence-corrected chi connectivity index (χ4v) is 1.97. The van der Waals surface area contributed by atoms with Crippen LogP contribution < -0.4 is 5.32 Å². The number of hydrogen-bond acceptors (Lipinski definition) is 3. The molecule has 0 aliphatic carbocycles. The maximum absolute atomic E-state index is 12.0. The van der Waals surface area contributed by atoms with E-state index in [4.69, 9.17) is 0 Å². The number of aryl methyl sites for hydroxylation is 2. The standard InChI is InChI=1S/C16H22N2O3/c1-11-6-5-7-12(2)16(11)17-14(20)10-18(4)15(21)9-8-13(3)19/h5-7H,8-10H2,1-4H3,(H,17,20). The third-order valence-electron chi connectivity index (χ3n) is 3.24. The number of Topliss-reactive ketones (excluding diaryl/α,β-unsaturated/α-hetero) is 1. The van der Waals surface area contributed by atoms with Gasteiger partial charge in [0.2, 0.25) is 11.8 Å². The molecule has 1 aromatic carbocycles. The predicted molar refractivity (Wildman–Crippen MR) is 82.1 cm³/mol. The van der Waals surface area contributed by atoms with Gasteiger partial charge in [-0.3, -0.25) is 9.59 Å². The van der Waals surface area contributed by atoms with Crippen LogP contribution in [-0.4, -0.2) is 36.1 Å². The summed E-state index contributed by atoms with van der Waals surface area (Å²) in [5.41, 5.74) is 2.75. The molecule has 0 spiro atoms. The SMILES string of the molecule is CC(=O)CCC(=O)N(C)CC(=O)Nc1c(C)cccc1C. The Kier molecular flexibility index (Phi) is 6.09. The van der Waals surface area contributed by atoms with Gasteiger partial charge >= 0.3 is 0 Å². The Balaban J connectivity index is 2.57. The lowest BCUT2D eigenvalue weighted by Gasteiger charge is -2.18. The van der Waals surface area contributed by atoms with Crippen LogP contribution >= 0.6 is 0 Å². The number of anilines is 1. The van der Waals surface area contributed by atoms with Gasteiger partial charge in [0.15, 0.2) is 0 Å². The van der Waals surface area contributed by atoms with Gasteiger partial charge in [-0.1, -0.05) is 18.2 Å². The summed E-state index contributed by atoms with van der Waals surface area (Å²) in [5.74, 6) is -0.482. The van der Waals surface area contributed by atoms with Crippen LogP contribution in [-0.2, 0) is 14.4 Å². The highest BCUT2D eigenvalue weighted by Gasteiger charge is 2.14. The van der Waals surface area contributed by atoms with Gasteiger partial charge in [0.05, 0.1) is 6.54 Å². The van der Waals surface area contributed by atoms with E-state index in [-0.39, 0.29) is 37.0 Å². The number of para-hydroxylation sites is 1. The fraction of sp³-hybridized carbons (Fsp3) is 0.438. The van der Waals surface area contributed by atoms with Crippen molar-refractivity contribution in [3.63, 3.8) is 0 Å². The largest absolute Gasteiger partial charge is 0.336 e. The number of nitrogens with zero attached hydrogens (tertiary/aromatic N) is 1. The van der Waals surface area contributed by atoms with E-state index in [1.807, 2.05) is 32.0 Å². The van der Waals surface area contributed by atoms with Crippen molar-refractivity contribution in [2.75, 3.05) is 18.9 Å². The van der Waals surface area contributed by atoms with Crippen molar-refractivity contribution < 1.29 is 14.4 Å². The molecule has 0 bridgehead atoms. The Labute approximate surface area is 125 Å². The number of hydrogen-bond donors (Lipinski definition) is 1. The van der Waals surface area contributed by atoms with Crippen molar-refractivity contribution in [1.82, 2.24) is 4.90 Å². The highest BCUT2D eigenvalue weighted by Crippen LogP contribution is 2.19. The third-order valence-corrected chi connectivity index (χ3v) is 3.24. The first-order valence-electron chi connectivity index (χ1n) is 6.90. The van der Waals surface area contributed by atoms with E-state index in [0.29, 0.717) is 0 Å². The summed E-state index contributed by atoms with van der Waals surface area (Å²) < 4.78 is 0. The normalized spacial score (nSPS) is 10.1. The van der Waals surface area contributed by atoms with Crippen molar-refractivity contribution in [3.05, 3.63) is 29.3 Å². The van der Waals surface area contributed by atoms with E-state index in [2.05, 4.69) is 5.32 Å². The maximum Gasteiger partial charge on any atom is 0.243 e. The minimum Gasteiger partial charge on any atom is -0.336 e. The van der Waals surface area contributed by atoms with Crippen molar-refractivity contribution in [3.8, 4) is 0 Å². The number of carbonyl (C=O) groups excluding carboxylic acids is 3. The van der Waals surface area contributed by atoms with Gasteiger partial charge in [0.25, 0.3) is 0 Å². The Morgan fingerprint density at radius 1 is 1.10 bits per heavy atom. The lowest BCUT2D eigenvalue weighted by molar-refractivity contribution is -0.134. The van der Waals surface area contributed by atoms with E-state index in [9.17, 15) is 14.4 Å². The number of ketones is 1. The summed E-state index contributed by atoms with van der Waals surface area (Å²) in [5, 5.41) is 2.83. The number of benzene rings is 1. The van der Waals surface area contributed by atoms with E-state index < -0.39 is 0 Å². The zero-order valence-corrected chi connectivity index (χ0v) is 13.0. The second-order valence-electron chi connectivity index (χ2n) is 5.27. The van der Waals surface area contributed by atoms with Crippen LogP contribution in [0.4, 0.5) is 5.69 Å². The third kappa shape index (κ3) is 5.38. The smallest absolute Gasteiger partial charge is 0.243 e. The Morgan fingerprint density at radius 2 is 1.67 bits per heavy atom. The molecule has 2 amide bonds. The van der Waals surface area contributed by atoms with E-state index >= 15 is 0 Å². The lowest BCUT2D eigenvalue weighted by Crippen LogP contribution is -2.35. The van der Waals surface area contributed by atoms with Gasteiger partial charge in [0, 0.05) is 25.6 Å². The first-order valence-corrected chi connectivity index (χ1v) is 6.90. The summed E-state index contributed by atoms with van der Waals surface area (Å²) in [6.45, 7) is 5.26. The molecular formula is C16H22N2O3. The maximum atomic E-state index is 12.0. The second-order valence-corrected chi connectivity index (χ2v) is 5.27. The topological polar surface area (TPSA) is 66.5 Å². The Bertz CT molecular complexity index is 532. The zero-order chi connectivity index (χ0) is 16.0. The molecule has 0 fully saturated rings. The van der Waals surface area contributed by atoms with Crippen LogP contribution in [0.5, 0.6) is 0 Å². The molecule has 5 heteroatoms. The number of amides is 2. The quantitative estimate of drug-likeness (QED) is 0.872. The highest BCUT2D eigenvalue weighted by molar-refractivity contribution is 5.96. The Morgan fingerprint density at radius 3 is 2.19 bits per heavy atom. The summed E-state index contributed by atoms with van der Waals surface area (Å²) in [6, 6.07) is 5.77. The van der Waals surface area contributed by atoms with Crippen LogP contribution in [0.3, 0.4) is 0 Å². The first kappa shape index (κ1) is 16.9. The molecule has 0 heterocycles. The summed E-state index contributed by atoms with van der Waals surface area (Å²) in [4.78, 5) is 36.0. The minimum atomic E-state index is -0.244. The molecule has 0 unspecified atom stereocenters. The van der Waals surface area contributed by atoms with Crippen molar-refractivity contribution in [2.24, 2.45) is 0 Å². The molecule has 1 aromatic rings. The molecular weight excluding hydrogens is 268 g/mol. The second kappa shape index (κ2) is 7.57. The fourth-order valence-electron chi connectivity index (χ4n) is 1.97. The molecule has 5 nitrogen and oxygen atoms in total. The molecule has 0 saturated carbocycles. The lowest BCUT2D eigenvalue weighted by atomic mass is 10.1. The van der Waals surface area contributed by atoms with Crippen LogP contribution in [0.2, 0.25) is 0 Å². The van der Waals surface area contributed by atoms with E-state index in [0.717, 1.165) is 16.8 Å². The molecule has 0 radical (unpaired) electrons. The van der Waals surface area contributed by atoms with Gasteiger partial charge in [-0.2, -0.15) is 0 Å². The van der Waals surface area contributed by atoms with Gasteiger partial charge in [-0.25, -0.2) is 0 Å². The van der Waals surface area contributed by atoms with Gasteiger partial charge < -0.3 is 15.0 Å². The van der Waals surface area contributed by atoms with Crippen LogP contribution in [0.1, 0.15) is 30.9 Å². The average Bonchev–Trinajstić information content (AvgIpc) is 2.40. The predicted octanol–water partition coefficient (Wildman–Crippen LogP) is 2.07. The van der Waals surface area contributed by atoms with E-state index in [1.54, 1.807) is 7.05 Å². The monoisotopic (exact) mass is 290 g/mol. The number of carbonyl (C=O) groups is 3. The summed E-state index contributed by atoms with van der Waals surface area (Å²) >= 11 is 0.